The number of aromatic nitrogens is 4. The number of rotatable bonds is 5. The maximum atomic E-state index is 6.10. The van der Waals surface area contributed by atoms with Crippen molar-refractivity contribution < 1.29 is 4.74 Å². The third-order valence-electron chi connectivity index (χ3n) is 5.26. The standard InChI is InChI=1S/C21H25N5O.ClH/c1-15-4-2-3-5-19(15)26-12-17(10-25-26)21-20(11-23-14-24-21)27-13-16-6-8-18(22)9-7-16;/h2-5,10-12,14,16,18H,6-9,13,22H2,1H3;1H. The normalized spacial score (nSPS) is 19.1. The lowest BCUT2D eigenvalue weighted by Crippen LogP contribution is -2.28. The van der Waals surface area contributed by atoms with E-state index in [1.54, 1.807) is 12.5 Å². The molecule has 1 saturated carbocycles. The second-order valence-corrected chi connectivity index (χ2v) is 7.29. The molecule has 4 rings (SSSR count). The Morgan fingerprint density at radius 3 is 2.71 bits per heavy atom. The Bertz CT molecular complexity index is 905. The van der Waals surface area contributed by atoms with Crippen LogP contribution in [0.4, 0.5) is 0 Å². The second-order valence-electron chi connectivity index (χ2n) is 7.29. The number of halogens is 1. The fourth-order valence-corrected chi connectivity index (χ4v) is 3.60. The molecule has 0 atom stereocenters. The number of para-hydroxylation sites is 1. The van der Waals surface area contributed by atoms with E-state index in [1.165, 1.54) is 5.56 Å². The maximum Gasteiger partial charge on any atom is 0.163 e. The Morgan fingerprint density at radius 1 is 1.14 bits per heavy atom. The van der Waals surface area contributed by atoms with Crippen molar-refractivity contribution >= 4 is 12.4 Å². The van der Waals surface area contributed by atoms with Gasteiger partial charge in [-0.1, -0.05) is 18.2 Å². The number of aryl methyl sites for hydroxylation is 1. The molecule has 6 nitrogen and oxygen atoms in total. The van der Waals surface area contributed by atoms with Crippen molar-refractivity contribution in [3.8, 4) is 22.7 Å². The van der Waals surface area contributed by atoms with Crippen LogP contribution in [-0.4, -0.2) is 32.4 Å². The number of nitrogens with two attached hydrogens (primary N) is 1. The molecule has 0 aliphatic heterocycles. The highest BCUT2D eigenvalue weighted by atomic mass is 35.5. The molecule has 2 N–H and O–H groups in total. The Kier molecular flexibility index (Phi) is 6.65. The summed E-state index contributed by atoms with van der Waals surface area (Å²) >= 11 is 0. The van der Waals surface area contributed by atoms with Crippen LogP contribution in [0.1, 0.15) is 31.2 Å². The summed E-state index contributed by atoms with van der Waals surface area (Å²) in [6.45, 7) is 2.75. The van der Waals surface area contributed by atoms with Gasteiger partial charge in [0.05, 0.1) is 24.7 Å². The van der Waals surface area contributed by atoms with Crippen molar-refractivity contribution in [2.24, 2.45) is 11.7 Å². The van der Waals surface area contributed by atoms with Crippen molar-refractivity contribution in [3.05, 3.63) is 54.7 Å². The van der Waals surface area contributed by atoms with E-state index in [0.29, 0.717) is 24.3 Å². The van der Waals surface area contributed by atoms with Crippen molar-refractivity contribution in [1.29, 1.82) is 0 Å². The summed E-state index contributed by atoms with van der Waals surface area (Å²) in [5.41, 5.74) is 9.91. The molecular formula is C21H26ClN5O. The van der Waals surface area contributed by atoms with Gasteiger partial charge in [0.15, 0.2) is 5.75 Å². The highest BCUT2D eigenvalue weighted by Gasteiger charge is 2.20. The Labute approximate surface area is 171 Å². The molecule has 1 aliphatic carbocycles. The van der Waals surface area contributed by atoms with Crippen molar-refractivity contribution in [2.75, 3.05) is 6.61 Å². The zero-order valence-corrected chi connectivity index (χ0v) is 16.8. The Morgan fingerprint density at radius 2 is 1.93 bits per heavy atom. The molecule has 0 spiro atoms. The minimum absolute atomic E-state index is 0. The van der Waals surface area contributed by atoms with E-state index in [2.05, 4.69) is 34.1 Å². The van der Waals surface area contributed by atoms with Crippen LogP contribution in [0.25, 0.3) is 16.9 Å². The summed E-state index contributed by atoms with van der Waals surface area (Å²) in [5.74, 6) is 1.25. The Hall–Kier alpha value is -2.44. The lowest BCUT2D eigenvalue weighted by atomic mass is 9.87. The summed E-state index contributed by atoms with van der Waals surface area (Å²) in [6.07, 6.45) is 11.5. The molecule has 0 saturated heterocycles. The van der Waals surface area contributed by atoms with Gasteiger partial charge in [0, 0.05) is 17.8 Å². The minimum Gasteiger partial charge on any atom is -0.489 e. The molecule has 2 aromatic heterocycles. The van der Waals surface area contributed by atoms with E-state index in [1.807, 2.05) is 29.2 Å². The van der Waals surface area contributed by atoms with Crippen LogP contribution in [0.15, 0.2) is 49.2 Å². The minimum atomic E-state index is 0. The second kappa shape index (κ2) is 9.17. The molecule has 1 fully saturated rings. The van der Waals surface area contributed by atoms with Gasteiger partial charge in [-0.2, -0.15) is 5.10 Å². The number of ether oxygens (including phenoxy) is 1. The first kappa shape index (κ1) is 20.3. The third kappa shape index (κ3) is 4.51. The van der Waals surface area contributed by atoms with Crippen LogP contribution in [-0.2, 0) is 0 Å². The van der Waals surface area contributed by atoms with Crippen molar-refractivity contribution in [1.82, 2.24) is 19.7 Å². The summed E-state index contributed by atoms with van der Waals surface area (Å²) in [5, 5.41) is 4.51. The van der Waals surface area contributed by atoms with Gasteiger partial charge in [-0.15, -0.1) is 12.4 Å². The fraction of sp³-hybridized carbons (Fsp3) is 0.381. The van der Waals surface area contributed by atoms with E-state index in [0.717, 1.165) is 42.6 Å². The summed E-state index contributed by atoms with van der Waals surface area (Å²) in [7, 11) is 0. The van der Waals surface area contributed by atoms with E-state index in [-0.39, 0.29) is 12.4 Å². The third-order valence-corrected chi connectivity index (χ3v) is 5.26. The van der Waals surface area contributed by atoms with Gasteiger partial charge in [0.2, 0.25) is 0 Å². The van der Waals surface area contributed by atoms with Gasteiger partial charge in [-0.05, 0) is 50.2 Å². The number of hydrogen-bond acceptors (Lipinski definition) is 5. The van der Waals surface area contributed by atoms with Gasteiger partial charge in [0.25, 0.3) is 0 Å². The van der Waals surface area contributed by atoms with Gasteiger partial charge in [-0.3, -0.25) is 0 Å². The number of hydrogen-bond donors (Lipinski definition) is 1. The predicted octanol–water partition coefficient (Wildman–Crippen LogP) is 3.96. The van der Waals surface area contributed by atoms with Gasteiger partial charge >= 0.3 is 0 Å². The largest absolute Gasteiger partial charge is 0.489 e. The maximum absolute atomic E-state index is 6.10. The Balaban J connectivity index is 0.00000225. The zero-order chi connectivity index (χ0) is 18.6. The van der Waals surface area contributed by atoms with Crippen LogP contribution < -0.4 is 10.5 Å². The van der Waals surface area contributed by atoms with E-state index in [4.69, 9.17) is 10.5 Å². The monoisotopic (exact) mass is 399 g/mol. The van der Waals surface area contributed by atoms with Crippen LogP contribution in [0.2, 0.25) is 0 Å². The average molecular weight is 400 g/mol. The highest BCUT2D eigenvalue weighted by molar-refractivity contribution is 5.85. The topological polar surface area (TPSA) is 78.8 Å². The number of nitrogens with zero attached hydrogens (tertiary/aromatic N) is 4. The van der Waals surface area contributed by atoms with E-state index in [9.17, 15) is 0 Å². The molecule has 2 heterocycles. The smallest absolute Gasteiger partial charge is 0.163 e. The SMILES string of the molecule is Cc1ccccc1-n1cc(-c2ncncc2OCC2CCC(N)CC2)cn1.Cl. The first-order chi connectivity index (χ1) is 13.2. The quantitative estimate of drug-likeness (QED) is 0.702. The van der Waals surface area contributed by atoms with Crippen molar-refractivity contribution in [2.45, 2.75) is 38.6 Å². The lowest BCUT2D eigenvalue weighted by Gasteiger charge is -2.26. The zero-order valence-electron chi connectivity index (χ0n) is 16.0. The number of benzene rings is 1. The van der Waals surface area contributed by atoms with E-state index >= 15 is 0 Å². The molecule has 1 aliphatic rings. The van der Waals surface area contributed by atoms with Gasteiger partial charge < -0.3 is 10.5 Å². The van der Waals surface area contributed by atoms with Gasteiger partial charge in [0.1, 0.15) is 12.0 Å². The highest BCUT2D eigenvalue weighted by Crippen LogP contribution is 2.29. The van der Waals surface area contributed by atoms with Crippen LogP contribution in [0, 0.1) is 12.8 Å². The van der Waals surface area contributed by atoms with Crippen LogP contribution in [0.3, 0.4) is 0 Å². The van der Waals surface area contributed by atoms with Crippen LogP contribution >= 0.6 is 12.4 Å². The summed E-state index contributed by atoms with van der Waals surface area (Å²) < 4.78 is 7.98. The fourth-order valence-electron chi connectivity index (χ4n) is 3.60. The molecule has 0 unspecified atom stereocenters. The molecule has 0 amide bonds. The predicted molar refractivity (Wildman–Crippen MR) is 112 cm³/mol. The molecular weight excluding hydrogens is 374 g/mol. The average Bonchev–Trinajstić information content (AvgIpc) is 3.18. The molecule has 0 radical (unpaired) electrons. The van der Waals surface area contributed by atoms with E-state index < -0.39 is 0 Å². The van der Waals surface area contributed by atoms with Crippen molar-refractivity contribution in [3.63, 3.8) is 0 Å². The molecule has 0 bridgehead atoms. The first-order valence-electron chi connectivity index (χ1n) is 9.50. The molecule has 1 aromatic carbocycles. The molecule has 7 heteroatoms. The molecule has 148 valence electrons. The molecule has 28 heavy (non-hydrogen) atoms. The first-order valence-corrected chi connectivity index (χ1v) is 9.50. The summed E-state index contributed by atoms with van der Waals surface area (Å²) in [6, 6.07) is 8.52. The van der Waals surface area contributed by atoms with Crippen LogP contribution in [0.5, 0.6) is 5.75 Å². The summed E-state index contributed by atoms with van der Waals surface area (Å²) in [4.78, 5) is 8.59. The molecule has 3 aromatic rings. The van der Waals surface area contributed by atoms with Gasteiger partial charge in [-0.25, -0.2) is 14.6 Å². The lowest BCUT2D eigenvalue weighted by molar-refractivity contribution is 0.200.